The van der Waals surface area contributed by atoms with Crippen LogP contribution in [0.25, 0.3) is 0 Å². The van der Waals surface area contributed by atoms with Crippen molar-refractivity contribution in [2.45, 2.75) is 39.0 Å². The van der Waals surface area contributed by atoms with E-state index in [-0.39, 0.29) is 30.3 Å². The zero-order valence-corrected chi connectivity index (χ0v) is 22.0. The number of thiazole rings is 1. The molecule has 2 amide bonds. The van der Waals surface area contributed by atoms with Crippen LogP contribution in [0.5, 0.6) is 5.75 Å². The van der Waals surface area contributed by atoms with Crippen LogP contribution >= 0.6 is 11.3 Å². The summed E-state index contributed by atoms with van der Waals surface area (Å²) < 4.78 is 25.0. The average molecular weight is 534 g/mol. The lowest BCUT2D eigenvalue weighted by Crippen LogP contribution is -2.40. The molecular weight excluding hydrogens is 505 g/mol. The molecule has 7 nitrogen and oxygen atoms in total. The number of hydrogen-bond acceptors (Lipinski definition) is 6. The van der Waals surface area contributed by atoms with Crippen LogP contribution in [0.2, 0.25) is 0 Å². The first-order valence-electron chi connectivity index (χ1n) is 12.5. The van der Waals surface area contributed by atoms with E-state index in [1.165, 1.54) is 23.5 Å². The number of benzene rings is 2. The molecule has 0 spiro atoms. The highest BCUT2D eigenvalue weighted by atomic mass is 32.1. The predicted molar refractivity (Wildman–Crippen MR) is 141 cm³/mol. The van der Waals surface area contributed by atoms with Crippen LogP contribution in [0.3, 0.4) is 0 Å². The fourth-order valence-electron chi connectivity index (χ4n) is 4.68. The van der Waals surface area contributed by atoms with E-state index >= 15 is 0 Å². The first-order chi connectivity index (χ1) is 18.4. The largest absolute Gasteiger partial charge is 0.486 e. The van der Waals surface area contributed by atoms with Crippen molar-refractivity contribution in [3.05, 3.63) is 105 Å². The Hall–Kier alpha value is -3.98. The Labute approximate surface area is 224 Å². The molecule has 4 aromatic rings. The van der Waals surface area contributed by atoms with E-state index < -0.39 is 0 Å². The number of aromatic nitrogens is 1. The van der Waals surface area contributed by atoms with Crippen molar-refractivity contribution in [1.29, 1.82) is 0 Å². The summed E-state index contributed by atoms with van der Waals surface area (Å²) in [7, 11) is 1.71. The Bertz CT molecular complexity index is 1420. The lowest BCUT2D eigenvalue weighted by Gasteiger charge is -2.38. The third-order valence-electron chi connectivity index (χ3n) is 6.61. The maximum Gasteiger partial charge on any atom is 0.273 e. The van der Waals surface area contributed by atoms with Crippen LogP contribution in [-0.2, 0) is 24.4 Å². The van der Waals surface area contributed by atoms with E-state index in [2.05, 4.69) is 4.98 Å². The topological polar surface area (TPSA) is 75.9 Å². The van der Waals surface area contributed by atoms with Crippen molar-refractivity contribution in [3.63, 3.8) is 0 Å². The molecule has 0 fully saturated rings. The van der Waals surface area contributed by atoms with E-state index in [1.54, 1.807) is 41.8 Å². The Balaban J connectivity index is 1.32. The third kappa shape index (κ3) is 5.47. The van der Waals surface area contributed by atoms with Gasteiger partial charge in [0.15, 0.2) is 0 Å². The molecule has 1 atom stereocenters. The Morgan fingerprint density at radius 2 is 2.03 bits per heavy atom. The van der Waals surface area contributed by atoms with Crippen molar-refractivity contribution in [1.82, 2.24) is 14.8 Å². The van der Waals surface area contributed by atoms with Gasteiger partial charge in [0.2, 0.25) is 5.91 Å². The summed E-state index contributed by atoms with van der Waals surface area (Å²) >= 11 is 1.36. The van der Waals surface area contributed by atoms with E-state index in [9.17, 15) is 14.0 Å². The minimum Gasteiger partial charge on any atom is -0.486 e. The van der Waals surface area contributed by atoms with Gasteiger partial charge in [0.25, 0.3) is 5.91 Å². The molecule has 38 heavy (non-hydrogen) atoms. The van der Waals surface area contributed by atoms with Crippen molar-refractivity contribution >= 4 is 23.2 Å². The number of nitrogens with zero attached hydrogens (tertiary/aromatic N) is 3. The summed E-state index contributed by atoms with van der Waals surface area (Å²) in [5.74, 6) is 0.877. The molecule has 0 aliphatic carbocycles. The lowest BCUT2D eigenvalue weighted by atomic mass is 9.87. The van der Waals surface area contributed by atoms with Gasteiger partial charge in [0.1, 0.15) is 34.6 Å². The molecule has 2 aromatic heterocycles. The number of furan rings is 1. The summed E-state index contributed by atoms with van der Waals surface area (Å²) in [6, 6.07) is 15.5. The summed E-state index contributed by atoms with van der Waals surface area (Å²) in [6.45, 7) is 3.02. The monoisotopic (exact) mass is 533 g/mol. The van der Waals surface area contributed by atoms with Crippen LogP contribution in [0, 0.1) is 5.82 Å². The number of carbonyl (C=O) groups excluding carboxylic acids is 2. The number of amides is 2. The van der Waals surface area contributed by atoms with Crippen molar-refractivity contribution < 1.29 is 23.1 Å². The van der Waals surface area contributed by atoms with Crippen molar-refractivity contribution in [2.24, 2.45) is 0 Å². The number of ether oxygens (including phenoxy) is 1. The number of rotatable bonds is 8. The minimum atomic E-state index is -0.316. The van der Waals surface area contributed by atoms with Gasteiger partial charge < -0.3 is 19.0 Å². The van der Waals surface area contributed by atoms with E-state index in [0.29, 0.717) is 41.7 Å². The Morgan fingerprint density at radius 1 is 1.21 bits per heavy atom. The van der Waals surface area contributed by atoms with Gasteiger partial charge in [0.05, 0.1) is 18.8 Å². The molecule has 2 aromatic carbocycles. The first-order valence-corrected chi connectivity index (χ1v) is 13.3. The average Bonchev–Trinajstić information content (AvgIpc) is 3.63. The van der Waals surface area contributed by atoms with Crippen LogP contribution in [0.15, 0.2) is 70.7 Å². The normalized spacial score (nSPS) is 14.7. The summed E-state index contributed by atoms with van der Waals surface area (Å²) in [5, 5.41) is 2.40. The third-order valence-corrected chi connectivity index (χ3v) is 7.43. The standard InChI is InChI=1S/C29H28FN3O4S/c1-3-27(34)33-13-12-19-8-11-22(15-24(19)28(33)20-6-9-21(30)10-7-20)37-17-26-31-25(18-38-26)29(35)32(2)16-23-5-4-14-36-23/h4-11,14-15,18,28H,3,12-13,16-17H2,1-2H3/t28-/m1/s1. The quantitative estimate of drug-likeness (QED) is 0.294. The highest BCUT2D eigenvalue weighted by Gasteiger charge is 2.31. The Morgan fingerprint density at radius 3 is 2.76 bits per heavy atom. The van der Waals surface area contributed by atoms with E-state index in [1.807, 2.05) is 36.1 Å². The summed E-state index contributed by atoms with van der Waals surface area (Å²) in [5.41, 5.74) is 3.32. The van der Waals surface area contributed by atoms with Gasteiger partial charge in [-0.05, 0) is 59.5 Å². The molecule has 0 unspecified atom stereocenters. The first kappa shape index (κ1) is 25.7. The Kier molecular flexibility index (Phi) is 7.55. The second kappa shape index (κ2) is 11.2. The van der Waals surface area contributed by atoms with Crippen LogP contribution in [-0.4, -0.2) is 40.2 Å². The van der Waals surface area contributed by atoms with E-state index in [0.717, 1.165) is 23.1 Å². The lowest BCUT2D eigenvalue weighted by molar-refractivity contribution is -0.132. The molecular formula is C29H28FN3O4S. The van der Waals surface area contributed by atoms with Crippen molar-refractivity contribution in [3.8, 4) is 5.75 Å². The van der Waals surface area contributed by atoms with Crippen molar-refractivity contribution in [2.75, 3.05) is 13.6 Å². The SMILES string of the molecule is CCC(=O)N1CCc2ccc(OCc3nc(C(=O)N(C)Cc4ccco4)cs3)cc2[C@H]1c1ccc(F)cc1. The zero-order chi connectivity index (χ0) is 26.6. The van der Waals surface area contributed by atoms with Gasteiger partial charge in [-0.3, -0.25) is 9.59 Å². The molecule has 1 aliphatic rings. The second-order valence-corrected chi connectivity index (χ2v) is 10.1. The van der Waals surface area contributed by atoms with E-state index in [4.69, 9.17) is 9.15 Å². The van der Waals surface area contributed by atoms with Gasteiger partial charge in [-0.25, -0.2) is 9.37 Å². The number of fused-ring (bicyclic) bond motifs is 1. The van der Waals surface area contributed by atoms with Gasteiger partial charge in [-0.15, -0.1) is 11.3 Å². The molecule has 0 radical (unpaired) electrons. The minimum absolute atomic E-state index is 0.0493. The summed E-state index contributed by atoms with van der Waals surface area (Å²) in [6.07, 6.45) is 2.71. The highest BCUT2D eigenvalue weighted by molar-refractivity contribution is 7.09. The van der Waals surface area contributed by atoms with Crippen LogP contribution in [0.1, 0.15) is 57.3 Å². The fourth-order valence-corrected chi connectivity index (χ4v) is 5.36. The number of carbonyl (C=O) groups is 2. The molecule has 0 bridgehead atoms. The van der Waals surface area contributed by atoms with Crippen LogP contribution in [0.4, 0.5) is 4.39 Å². The second-order valence-electron chi connectivity index (χ2n) is 9.16. The smallest absolute Gasteiger partial charge is 0.273 e. The van der Waals surface area contributed by atoms with Crippen LogP contribution < -0.4 is 4.74 Å². The number of hydrogen-bond donors (Lipinski definition) is 0. The molecule has 9 heteroatoms. The molecule has 5 rings (SSSR count). The molecule has 1 aliphatic heterocycles. The maximum atomic E-state index is 13.6. The molecule has 0 saturated heterocycles. The molecule has 3 heterocycles. The molecule has 196 valence electrons. The molecule has 0 saturated carbocycles. The summed E-state index contributed by atoms with van der Waals surface area (Å²) in [4.78, 5) is 33.4. The fraction of sp³-hybridized carbons (Fsp3) is 0.276. The van der Waals surface area contributed by atoms with Gasteiger partial charge in [0, 0.05) is 25.4 Å². The molecule has 0 N–H and O–H groups in total. The highest BCUT2D eigenvalue weighted by Crippen LogP contribution is 2.37. The number of halogens is 1. The predicted octanol–water partition coefficient (Wildman–Crippen LogP) is 5.61. The van der Waals surface area contributed by atoms with Gasteiger partial charge >= 0.3 is 0 Å². The zero-order valence-electron chi connectivity index (χ0n) is 21.2. The van der Waals surface area contributed by atoms with Gasteiger partial charge in [-0.2, -0.15) is 0 Å². The van der Waals surface area contributed by atoms with Gasteiger partial charge in [-0.1, -0.05) is 25.1 Å². The maximum absolute atomic E-state index is 13.6.